The molecular formula is C22H29N3O3. The fraction of sp³-hybridized carbons (Fsp3) is 0.455. The molecule has 0 saturated heterocycles. The SMILES string of the molecule is CC(O)c1ccc2c(NC(C)C(C)(C)C)nc3c([C@H](C)O)c[nH]c(=O)c3c2c1. The minimum absolute atomic E-state index is 0.00374. The number of aromatic nitrogens is 2. The maximum absolute atomic E-state index is 12.7. The normalized spacial score (nSPS) is 15.6. The maximum atomic E-state index is 12.7. The largest absolute Gasteiger partial charge is 0.389 e. The Labute approximate surface area is 164 Å². The van der Waals surface area contributed by atoms with Gasteiger partial charge in [0.15, 0.2) is 0 Å². The monoisotopic (exact) mass is 383 g/mol. The minimum Gasteiger partial charge on any atom is -0.389 e. The number of aromatic amines is 1. The van der Waals surface area contributed by atoms with Crippen LogP contribution in [0.5, 0.6) is 0 Å². The first-order valence-corrected chi connectivity index (χ1v) is 9.62. The van der Waals surface area contributed by atoms with Crippen LogP contribution in [0.15, 0.2) is 29.2 Å². The lowest BCUT2D eigenvalue weighted by Gasteiger charge is -2.29. The number of hydrogen-bond donors (Lipinski definition) is 4. The molecule has 0 fully saturated rings. The molecule has 1 aromatic carbocycles. The Kier molecular flexibility index (Phi) is 5.21. The van der Waals surface area contributed by atoms with Gasteiger partial charge in [-0.25, -0.2) is 4.98 Å². The molecule has 0 aliphatic carbocycles. The van der Waals surface area contributed by atoms with E-state index in [9.17, 15) is 15.0 Å². The number of hydrogen-bond acceptors (Lipinski definition) is 5. The molecule has 2 heterocycles. The van der Waals surface area contributed by atoms with E-state index < -0.39 is 12.2 Å². The molecule has 0 aliphatic heterocycles. The standard InChI is InChI=1S/C22H29N3O3/c1-11(26)14-7-8-15-16(9-14)18-19(17(12(2)27)10-23-21(18)28)25-20(15)24-13(3)22(4,5)6/h7-13,26-27H,1-6H3,(H,23,28)(H,24,25)/t11?,12-,13?/m0/s1. The van der Waals surface area contributed by atoms with Gasteiger partial charge < -0.3 is 20.5 Å². The summed E-state index contributed by atoms with van der Waals surface area (Å²) in [5.74, 6) is 0.662. The highest BCUT2D eigenvalue weighted by atomic mass is 16.3. The molecule has 2 unspecified atom stereocenters. The fourth-order valence-corrected chi connectivity index (χ4v) is 3.16. The molecule has 2 aromatic heterocycles. The summed E-state index contributed by atoms with van der Waals surface area (Å²) in [7, 11) is 0. The van der Waals surface area contributed by atoms with Gasteiger partial charge in [0.1, 0.15) is 5.82 Å². The van der Waals surface area contributed by atoms with Crippen LogP contribution in [0.25, 0.3) is 21.7 Å². The summed E-state index contributed by atoms with van der Waals surface area (Å²) in [5, 5.41) is 25.7. The van der Waals surface area contributed by atoms with E-state index in [1.54, 1.807) is 13.8 Å². The number of nitrogens with one attached hydrogen (secondary N) is 2. The molecule has 0 spiro atoms. The van der Waals surface area contributed by atoms with Gasteiger partial charge in [-0.1, -0.05) is 32.9 Å². The number of H-pyrrole nitrogens is 1. The van der Waals surface area contributed by atoms with Gasteiger partial charge in [-0.3, -0.25) is 4.79 Å². The van der Waals surface area contributed by atoms with E-state index in [2.05, 4.69) is 38.0 Å². The second kappa shape index (κ2) is 7.18. The third-order valence-corrected chi connectivity index (χ3v) is 5.47. The third-order valence-electron chi connectivity index (χ3n) is 5.47. The van der Waals surface area contributed by atoms with E-state index in [-0.39, 0.29) is 17.0 Å². The van der Waals surface area contributed by atoms with Crippen molar-refractivity contribution in [1.82, 2.24) is 9.97 Å². The predicted octanol–water partition coefficient (Wildman–Crippen LogP) is 4.03. The lowest BCUT2D eigenvalue weighted by Crippen LogP contribution is -2.31. The number of nitrogens with zero attached hydrogens (tertiary/aromatic N) is 1. The summed E-state index contributed by atoms with van der Waals surface area (Å²) in [6, 6.07) is 5.68. The number of aliphatic hydroxyl groups is 2. The van der Waals surface area contributed by atoms with Crippen LogP contribution in [0.1, 0.15) is 64.9 Å². The Morgan fingerprint density at radius 3 is 2.32 bits per heavy atom. The van der Waals surface area contributed by atoms with Gasteiger partial charge in [0.05, 0.1) is 23.1 Å². The zero-order valence-corrected chi connectivity index (χ0v) is 17.3. The number of anilines is 1. The highest BCUT2D eigenvalue weighted by Gasteiger charge is 2.23. The molecule has 0 radical (unpaired) electrons. The Bertz CT molecular complexity index is 1080. The molecule has 6 nitrogen and oxygen atoms in total. The van der Waals surface area contributed by atoms with Gasteiger partial charge in [0, 0.05) is 28.6 Å². The summed E-state index contributed by atoms with van der Waals surface area (Å²) in [4.78, 5) is 20.2. The molecule has 28 heavy (non-hydrogen) atoms. The van der Waals surface area contributed by atoms with Crippen LogP contribution in [-0.2, 0) is 0 Å². The summed E-state index contributed by atoms with van der Waals surface area (Å²) in [5.41, 5.74) is 1.48. The van der Waals surface area contributed by atoms with Crippen molar-refractivity contribution in [1.29, 1.82) is 0 Å². The van der Waals surface area contributed by atoms with Crippen LogP contribution in [0, 0.1) is 5.41 Å². The number of aliphatic hydroxyl groups excluding tert-OH is 2. The number of fused-ring (bicyclic) bond motifs is 3. The average molecular weight is 383 g/mol. The first-order valence-electron chi connectivity index (χ1n) is 9.62. The predicted molar refractivity (Wildman–Crippen MR) is 114 cm³/mol. The van der Waals surface area contributed by atoms with Crippen molar-refractivity contribution in [3.63, 3.8) is 0 Å². The Balaban J connectivity index is 2.42. The second-order valence-electron chi connectivity index (χ2n) is 8.65. The van der Waals surface area contributed by atoms with Crippen LogP contribution in [0.4, 0.5) is 5.82 Å². The van der Waals surface area contributed by atoms with E-state index >= 15 is 0 Å². The Morgan fingerprint density at radius 1 is 1.07 bits per heavy atom. The zero-order valence-electron chi connectivity index (χ0n) is 17.3. The summed E-state index contributed by atoms with van der Waals surface area (Å²) in [6.45, 7) is 11.9. The fourth-order valence-electron chi connectivity index (χ4n) is 3.16. The van der Waals surface area contributed by atoms with Crippen LogP contribution in [0.3, 0.4) is 0 Å². The molecule has 0 amide bonds. The summed E-state index contributed by atoms with van der Waals surface area (Å²) in [6.07, 6.45) is 0.0811. The lowest BCUT2D eigenvalue weighted by molar-refractivity contribution is 0.199. The molecular weight excluding hydrogens is 354 g/mol. The molecule has 3 atom stereocenters. The van der Waals surface area contributed by atoms with Crippen molar-refractivity contribution >= 4 is 27.5 Å². The lowest BCUT2D eigenvalue weighted by atomic mass is 9.88. The van der Waals surface area contributed by atoms with Gasteiger partial charge in [0.25, 0.3) is 5.56 Å². The van der Waals surface area contributed by atoms with E-state index in [1.165, 1.54) is 6.20 Å². The molecule has 0 aliphatic rings. The highest BCUT2D eigenvalue weighted by Crippen LogP contribution is 2.34. The molecule has 6 heteroatoms. The average Bonchev–Trinajstić information content (AvgIpc) is 2.60. The van der Waals surface area contributed by atoms with Gasteiger partial charge >= 0.3 is 0 Å². The minimum atomic E-state index is -0.780. The van der Waals surface area contributed by atoms with E-state index in [4.69, 9.17) is 4.98 Å². The van der Waals surface area contributed by atoms with Gasteiger partial charge in [0.2, 0.25) is 0 Å². The molecule has 3 aromatic rings. The quantitative estimate of drug-likeness (QED) is 0.510. The first kappa shape index (κ1) is 20.3. The van der Waals surface area contributed by atoms with Crippen LogP contribution in [0.2, 0.25) is 0 Å². The Morgan fingerprint density at radius 2 is 1.75 bits per heavy atom. The van der Waals surface area contributed by atoms with E-state index in [0.29, 0.717) is 27.7 Å². The molecule has 0 bridgehead atoms. The second-order valence-corrected chi connectivity index (χ2v) is 8.65. The first-order chi connectivity index (χ1) is 13.0. The molecule has 4 N–H and O–H groups in total. The van der Waals surface area contributed by atoms with Crippen molar-refractivity contribution in [2.45, 2.75) is 59.8 Å². The number of pyridine rings is 2. The van der Waals surface area contributed by atoms with Crippen molar-refractivity contribution in [3.8, 4) is 0 Å². The number of benzene rings is 1. The Hall–Kier alpha value is -2.44. The van der Waals surface area contributed by atoms with Gasteiger partial charge in [-0.2, -0.15) is 0 Å². The van der Waals surface area contributed by atoms with Crippen LogP contribution in [-0.4, -0.2) is 26.2 Å². The topological polar surface area (TPSA) is 98.2 Å². The molecule has 3 rings (SSSR count). The van der Waals surface area contributed by atoms with Crippen molar-refractivity contribution in [2.24, 2.45) is 5.41 Å². The molecule has 150 valence electrons. The summed E-state index contributed by atoms with van der Waals surface area (Å²) >= 11 is 0. The smallest absolute Gasteiger partial charge is 0.258 e. The molecule has 0 saturated carbocycles. The van der Waals surface area contributed by atoms with Crippen LogP contribution >= 0.6 is 0 Å². The van der Waals surface area contributed by atoms with Crippen molar-refractivity contribution in [3.05, 3.63) is 45.9 Å². The van der Waals surface area contributed by atoms with E-state index in [1.807, 2.05) is 18.2 Å². The zero-order chi connectivity index (χ0) is 20.8. The van der Waals surface area contributed by atoms with Crippen molar-refractivity contribution in [2.75, 3.05) is 5.32 Å². The maximum Gasteiger partial charge on any atom is 0.258 e. The summed E-state index contributed by atoms with van der Waals surface area (Å²) < 4.78 is 0. The highest BCUT2D eigenvalue weighted by molar-refractivity contribution is 6.10. The van der Waals surface area contributed by atoms with Gasteiger partial charge in [-0.15, -0.1) is 0 Å². The third kappa shape index (κ3) is 3.62. The van der Waals surface area contributed by atoms with Gasteiger partial charge in [-0.05, 0) is 37.8 Å². The number of rotatable bonds is 4. The van der Waals surface area contributed by atoms with Crippen LogP contribution < -0.4 is 10.9 Å². The van der Waals surface area contributed by atoms with E-state index in [0.717, 1.165) is 10.9 Å². The van der Waals surface area contributed by atoms with Crippen molar-refractivity contribution < 1.29 is 10.2 Å².